The van der Waals surface area contributed by atoms with Gasteiger partial charge in [0.1, 0.15) is 0 Å². The van der Waals surface area contributed by atoms with E-state index in [1.54, 1.807) is 12.1 Å². The summed E-state index contributed by atoms with van der Waals surface area (Å²) in [5, 5.41) is 0. The van der Waals surface area contributed by atoms with Crippen LogP contribution in [0.2, 0.25) is 0 Å². The van der Waals surface area contributed by atoms with Gasteiger partial charge in [0, 0.05) is 11.3 Å². The highest BCUT2D eigenvalue weighted by Gasteiger charge is 2.03. The maximum absolute atomic E-state index is 13.3. The molecule has 17 heavy (non-hydrogen) atoms. The van der Waals surface area contributed by atoms with Crippen molar-refractivity contribution in [1.29, 1.82) is 0 Å². The maximum atomic E-state index is 13.3. The third-order valence-corrected chi connectivity index (χ3v) is 2.32. The second-order valence-electron chi connectivity index (χ2n) is 3.68. The summed E-state index contributed by atoms with van der Waals surface area (Å²) in [5.41, 5.74) is 1.81. The largest absolute Gasteiger partial charge is 0.254 e. The molecule has 0 radical (unpaired) electrons. The zero-order chi connectivity index (χ0) is 12.3. The molecular formula is C14H11F2N. The Kier molecular flexibility index (Phi) is 3.28. The van der Waals surface area contributed by atoms with Crippen molar-refractivity contribution < 1.29 is 8.78 Å². The van der Waals surface area contributed by atoms with E-state index in [0.29, 0.717) is 5.69 Å². The molecule has 0 atom stereocenters. The second kappa shape index (κ2) is 4.87. The Hall–Kier alpha value is -2.03. The van der Waals surface area contributed by atoms with Gasteiger partial charge < -0.3 is 0 Å². The molecule has 3 heteroatoms. The smallest absolute Gasteiger partial charge is 0.166 e. The minimum Gasteiger partial charge on any atom is -0.254 e. The van der Waals surface area contributed by atoms with Gasteiger partial charge in [0.05, 0.1) is 5.69 Å². The van der Waals surface area contributed by atoms with Crippen molar-refractivity contribution in [2.75, 3.05) is 0 Å². The summed E-state index contributed by atoms with van der Waals surface area (Å²) in [5.74, 6) is -1.68. The van der Waals surface area contributed by atoms with Gasteiger partial charge in [-0.25, -0.2) is 8.78 Å². The van der Waals surface area contributed by atoms with Gasteiger partial charge >= 0.3 is 0 Å². The van der Waals surface area contributed by atoms with Crippen LogP contribution in [0.5, 0.6) is 0 Å². The van der Waals surface area contributed by atoms with Gasteiger partial charge in [0.2, 0.25) is 0 Å². The van der Waals surface area contributed by atoms with E-state index in [1.165, 1.54) is 18.2 Å². The van der Waals surface area contributed by atoms with E-state index in [1.807, 2.05) is 19.1 Å². The summed E-state index contributed by atoms with van der Waals surface area (Å²) < 4.78 is 26.3. The molecule has 0 aliphatic rings. The summed E-state index contributed by atoms with van der Waals surface area (Å²) in [7, 11) is 0. The molecule has 0 saturated carbocycles. The molecule has 86 valence electrons. The van der Waals surface area contributed by atoms with Crippen molar-refractivity contribution in [3.63, 3.8) is 0 Å². The number of halogens is 2. The molecule has 2 aromatic rings. The summed E-state index contributed by atoms with van der Waals surface area (Å²) in [6.07, 6.45) is 3.17. The molecule has 1 aromatic heterocycles. The van der Waals surface area contributed by atoms with Crippen molar-refractivity contribution in [2.45, 2.75) is 6.92 Å². The first-order chi connectivity index (χ1) is 8.16. The highest BCUT2D eigenvalue weighted by molar-refractivity contribution is 5.68. The third-order valence-electron chi connectivity index (χ3n) is 2.32. The molecule has 1 heterocycles. The van der Waals surface area contributed by atoms with E-state index in [0.717, 1.165) is 11.8 Å². The van der Waals surface area contributed by atoms with Gasteiger partial charge in [-0.2, -0.15) is 0 Å². The number of benzene rings is 1. The summed E-state index contributed by atoms with van der Waals surface area (Å²) in [6, 6.07) is 9.63. The molecule has 0 aliphatic heterocycles. The zero-order valence-corrected chi connectivity index (χ0v) is 9.32. The minimum atomic E-state index is -0.843. The van der Waals surface area contributed by atoms with Gasteiger partial charge in [0.15, 0.2) is 11.6 Å². The highest BCUT2D eigenvalue weighted by atomic mass is 19.2. The lowest BCUT2D eigenvalue weighted by Crippen LogP contribution is -1.88. The molecule has 0 aliphatic carbocycles. The Morgan fingerprint density at radius 1 is 1.00 bits per heavy atom. The standard InChI is InChI=1S/C14H11F2N/c1-10-4-2-6-12(17-10)9-8-11-5-3-7-13(15)14(11)16/h2-9H,1H3/b9-8+. The number of nitrogens with zero attached hydrogens (tertiary/aromatic N) is 1. The number of aromatic nitrogens is 1. The average Bonchev–Trinajstić information content (AvgIpc) is 2.31. The number of aryl methyl sites for hydroxylation is 1. The predicted molar refractivity (Wildman–Crippen MR) is 64.3 cm³/mol. The first kappa shape index (κ1) is 11.5. The summed E-state index contributed by atoms with van der Waals surface area (Å²) >= 11 is 0. The first-order valence-electron chi connectivity index (χ1n) is 5.22. The molecule has 2 rings (SSSR count). The van der Waals surface area contributed by atoms with Crippen LogP contribution >= 0.6 is 0 Å². The second-order valence-corrected chi connectivity index (χ2v) is 3.68. The van der Waals surface area contributed by atoms with Crippen LogP contribution in [0.25, 0.3) is 12.2 Å². The normalized spacial score (nSPS) is 11.0. The molecule has 0 N–H and O–H groups in total. The molecule has 1 aromatic carbocycles. The van der Waals surface area contributed by atoms with Crippen LogP contribution in [0.3, 0.4) is 0 Å². The van der Waals surface area contributed by atoms with E-state index in [4.69, 9.17) is 0 Å². The van der Waals surface area contributed by atoms with Crippen LogP contribution in [-0.2, 0) is 0 Å². The monoisotopic (exact) mass is 231 g/mol. The van der Waals surface area contributed by atoms with Crippen LogP contribution < -0.4 is 0 Å². The Morgan fingerprint density at radius 2 is 1.76 bits per heavy atom. The molecule has 0 fully saturated rings. The van der Waals surface area contributed by atoms with Gasteiger partial charge in [-0.3, -0.25) is 4.98 Å². The topological polar surface area (TPSA) is 12.9 Å². The van der Waals surface area contributed by atoms with E-state index in [-0.39, 0.29) is 5.56 Å². The van der Waals surface area contributed by atoms with Crippen molar-refractivity contribution >= 4 is 12.2 Å². The van der Waals surface area contributed by atoms with Gasteiger partial charge in [-0.05, 0) is 37.3 Å². The maximum Gasteiger partial charge on any atom is 0.166 e. The van der Waals surface area contributed by atoms with Gasteiger partial charge in [-0.1, -0.05) is 18.2 Å². The van der Waals surface area contributed by atoms with Crippen LogP contribution in [0.15, 0.2) is 36.4 Å². The van der Waals surface area contributed by atoms with Crippen LogP contribution in [0, 0.1) is 18.6 Å². The van der Waals surface area contributed by atoms with Crippen molar-refractivity contribution in [2.24, 2.45) is 0 Å². The molecular weight excluding hydrogens is 220 g/mol. The third kappa shape index (κ3) is 2.75. The molecule has 0 unspecified atom stereocenters. The minimum absolute atomic E-state index is 0.216. The molecule has 0 bridgehead atoms. The zero-order valence-electron chi connectivity index (χ0n) is 9.32. The number of rotatable bonds is 2. The lowest BCUT2D eigenvalue weighted by Gasteiger charge is -1.98. The van der Waals surface area contributed by atoms with E-state index >= 15 is 0 Å². The lowest BCUT2D eigenvalue weighted by atomic mass is 10.1. The fraction of sp³-hybridized carbons (Fsp3) is 0.0714. The quantitative estimate of drug-likeness (QED) is 0.765. The molecule has 0 saturated heterocycles. The number of pyridine rings is 1. The predicted octanol–water partition coefficient (Wildman–Crippen LogP) is 3.84. The van der Waals surface area contributed by atoms with Gasteiger partial charge in [0.25, 0.3) is 0 Å². The first-order valence-corrected chi connectivity index (χ1v) is 5.22. The van der Waals surface area contributed by atoms with E-state index in [2.05, 4.69) is 4.98 Å². The van der Waals surface area contributed by atoms with Crippen molar-refractivity contribution in [3.05, 3.63) is 65.0 Å². The van der Waals surface area contributed by atoms with Crippen LogP contribution in [0.1, 0.15) is 17.0 Å². The average molecular weight is 231 g/mol. The number of hydrogen-bond acceptors (Lipinski definition) is 1. The van der Waals surface area contributed by atoms with Crippen molar-refractivity contribution in [3.8, 4) is 0 Å². The fourth-order valence-electron chi connectivity index (χ4n) is 1.48. The molecule has 1 nitrogen and oxygen atoms in total. The van der Waals surface area contributed by atoms with E-state index < -0.39 is 11.6 Å². The Labute approximate surface area is 98.4 Å². The SMILES string of the molecule is Cc1cccc(/C=C/c2cccc(F)c2F)n1. The Bertz CT molecular complexity index is 562. The van der Waals surface area contributed by atoms with Gasteiger partial charge in [-0.15, -0.1) is 0 Å². The van der Waals surface area contributed by atoms with Crippen molar-refractivity contribution in [1.82, 2.24) is 4.98 Å². The number of hydrogen-bond donors (Lipinski definition) is 0. The molecule has 0 amide bonds. The van der Waals surface area contributed by atoms with Crippen LogP contribution in [-0.4, -0.2) is 4.98 Å². The van der Waals surface area contributed by atoms with E-state index in [9.17, 15) is 8.78 Å². The Balaban J connectivity index is 2.29. The Morgan fingerprint density at radius 3 is 2.53 bits per heavy atom. The summed E-state index contributed by atoms with van der Waals surface area (Å²) in [6.45, 7) is 1.88. The lowest BCUT2D eigenvalue weighted by molar-refractivity contribution is 0.507. The summed E-state index contributed by atoms with van der Waals surface area (Å²) in [4.78, 5) is 4.24. The molecule has 0 spiro atoms. The highest BCUT2D eigenvalue weighted by Crippen LogP contribution is 2.14. The van der Waals surface area contributed by atoms with Crippen LogP contribution in [0.4, 0.5) is 8.78 Å². The fourth-order valence-corrected chi connectivity index (χ4v) is 1.48.